The van der Waals surface area contributed by atoms with Crippen LogP contribution in [0.2, 0.25) is 0 Å². The standard InChI is InChI=1S/C12H22ClN3/c1-9(2)5-11(7-13)6-12-14-8-15-16(12)10(3)4/h8-11H,5-7H2,1-4H3. The van der Waals surface area contributed by atoms with Crippen LogP contribution in [-0.2, 0) is 6.42 Å². The molecule has 0 bridgehead atoms. The number of nitrogens with zero attached hydrogens (tertiary/aromatic N) is 3. The fourth-order valence-electron chi connectivity index (χ4n) is 1.98. The molecular weight excluding hydrogens is 222 g/mol. The highest BCUT2D eigenvalue weighted by Crippen LogP contribution is 2.18. The second-order valence-electron chi connectivity index (χ2n) is 5.07. The molecule has 0 aliphatic rings. The summed E-state index contributed by atoms with van der Waals surface area (Å²) in [7, 11) is 0. The van der Waals surface area contributed by atoms with Gasteiger partial charge in [-0.05, 0) is 32.1 Å². The van der Waals surface area contributed by atoms with Crippen LogP contribution in [0, 0.1) is 11.8 Å². The summed E-state index contributed by atoms with van der Waals surface area (Å²) in [6.45, 7) is 8.70. The van der Waals surface area contributed by atoms with Crippen molar-refractivity contribution >= 4 is 11.6 Å². The lowest BCUT2D eigenvalue weighted by molar-refractivity contribution is 0.413. The molecule has 1 unspecified atom stereocenters. The van der Waals surface area contributed by atoms with Crippen LogP contribution in [0.5, 0.6) is 0 Å². The molecule has 0 saturated heterocycles. The highest BCUT2D eigenvalue weighted by Gasteiger charge is 2.15. The largest absolute Gasteiger partial charge is 0.248 e. The first-order valence-electron chi connectivity index (χ1n) is 5.99. The van der Waals surface area contributed by atoms with Crippen LogP contribution in [0.4, 0.5) is 0 Å². The van der Waals surface area contributed by atoms with Crippen molar-refractivity contribution in [1.82, 2.24) is 14.8 Å². The number of rotatable bonds is 6. The maximum atomic E-state index is 6.00. The number of halogens is 1. The van der Waals surface area contributed by atoms with E-state index in [4.69, 9.17) is 11.6 Å². The van der Waals surface area contributed by atoms with Crippen molar-refractivity contribution in [2.24, 2.45) is 11.8 Å². The predicted octanol–water partition coefficient (Wildman–Crippen LogP) is 3.30. The average molecular weight is 244 g/mol. The highest BCUT2D eigenvalue weighted by molar-refractivity contribution is 6.18. The van der Waals surface area contributed by atoms with Crippen LogP contribution >= 0.6 is 11.6 Å². The van der Waals surface area contributed by atoms with Crippen molar-refractivity contribution in [1.29, 1.82) is 0 Å². The molecule has 0 aromatic carbocycles. The maximum absolute atomic E-state index is 6.00. The zero-order chi connectivity index (χ0) is 12.1. The van der Waals surface area contributed by atoms with Gasteiger partial charge < -0.3 is 0 Å². The van der Waals surface area contributed by atoms with Crippen LogP contribution < -0.4 is 0 Å². The fraction of sp³-hybridized carbons (Fsp3) is 0.833. The molecule has 0 aliphatic carbocycles. The molecule has 1 aromatic rings. The van der Waals surface area contributed by atoms with Crippen molar-refractivity contribution in [3.8, 4) is 0 Å². The SMILES string of the molecule is CC(C)CC(CCl)Cc1ncnn1C(C)C. The van der Waals surface area contributed by atoms with Gasteiger partial charge in [-0.15, -0.1) is 11.6 Å². The summed E-state index contributed by atoms with van der Waals surface area (Å²) in [5.41, 5.74) is 0. The van der Waals surface area contributed by atoms with Crippen LogP contribution in [0.25, 0.3) is 0 Å². The molecule has 3 nitrogen and oxygen atoms in total. The van der Waals surface area contributed by atoms with E-state index in [-0.39, 0.29) is 0 Å². The van der Waals surface area contributed by atoms with Crippen LogP contribution in [0.1, 0.15) is 46.0 Å². The van der Waals surface area contributed by atoms with Gasteiger partial charge in [0.15, 0.2) is 0 Å². The summed E-state index contributed by atoms with van der Waals surface area (Å²) >= 11 is 6.00. The minimum Gasteiger partial charge on any atom is -0.248 e. The van der Waals surface area contributed by atoms with Gasteiger partial charge >= 0.3 is 0 Å². The van der Waals surface area contributed by atoms with Gasteiger partial charge in [0, 0.05) is 18.3 Å². The number of hydrogen-bond donors (Lipinski definition) is 0. The Morgan fingerprint density at radius 3 is 2.50 bits per heavy atom. The molecule has 1 heterocycles. The molecule has 16 heavy (non-hydrogen) atoms. The van der Waals surface area contributed by atoms with Crippen molar-refractivity contribution < 1.29 is 0 Å². The molecule has 0 radical (unpaired) electrons. The van der Waals surface area contributed by atoms with Gasteiger partial charge in [0.1, 0.15) is 12.2 Å². The number of hydrogen-bond acceptors (Lipinski definition) is 2. The Morgan fingerprint density at radius 2 is 2.00 bits per heavy atom. The van der Waals surface area contributed by atoms with E-state index in [1.165, 1.54) is 0 Å². The quantitative estimate of drug-likeness (QED) is 0.718. The Bertz CT molecular complexity index is 307. The van der Waals surface area contributed by atoms with Gasteiger partial charge in [-0.25, -0.2) is 9.67 Å². The van der Waals surface area contributed by atoms with E-state index in [0.717, 1.165) is 18.7 Å². The molecule has 4 heteroatoms. The Kier molecular flexibility index (Phi) is 5.26. The summed E-state index contributed by atoms with van der Waals surface area (Å²) in [5, 5.41) is 4.24. The van der Waals surface area contributed by atoms with Crippen LogP contribution in [0.3, 0.4) is 0 Å². The summed E-state index contributed by atoms with van der Waals surface area (Å²) in [4.78, 5) is 4.33. The molecule has 0 aliphatic heterocycles. The first-order chi connectivity index (χ1) is 7.54. The third-order valence-corrected chi connectivity index (χ3v) is 3.07. The van der Waals surface area contributed by atoms with E-state index in [1.54, 1.807) is 6.33 Å². The first-order valence-corrected chi connectivity index (χ1v) is 6.52. The zero-order valence-electron chi connectivity index (χ0n) is 10.7. The van der Waals surface area contributed by atoms with Crippen molar-refractivity contribution in [2.45, 2.75) is 46.6 Å². The molecule has 0 fully saturated rings. The van der Waals surface area contributed by atoms with Gasteiger partial charge in [0.2, 0.25) is 0 Å². The van der Waals surface area contributed by atoms with Gasteiger partial charge in [0.25, 0.3) is 0 Å². The minimum absolute atomic E-state index is 0.368. The Labute approximate surface area is 103 Å². The predicted molar refractivity (Wildman–Crippen MR) is 67.8 cm³/mol. The molecule has 92 valence electrons. The number of alkyl halides is 1. The van der Waals surface area contributed by atoms with E-state index >= 15 is 0 Å². The summed E-state index contributed by atoms with van der Waals surface area (Å²) in [6.07, 6.45) is 3.71. The normalized spacial score (nSPS) is 13.7. The Hall–Kier alpha value is -0.570. The molecule has 0 N–H and O–H groups in total. The fourth-order valence-corrected chi connectivity index (χ4v) is 2.21. The second-order valence-corrected chi connectivity index (χ2v) is 5.38. The Balaban J connectivity index is 2.66. The third-order valence-electron chi connectivity index (χ3n) is 2.63. The average Bonchev–Trinajstić information content (AvgIpc) is 2.64. The summed E-state index contributed by atoms with van der Waals surface area (Å²) in [5.74, 6) is 2.94. The molecule has 0 spiro atoms. The first kappa shape index (κ1) is 13.5. The Morgan fingerprint density at radius 1 is 1.31 bits per heavy atom. The monoisotopic (exact) mass is 243 g/mol. The topological polar surface area (TPSA) is 30.7 Å². The van der Waals surface area contributed by atoms with E-state index in [2.05, 4.69) is 37.8 Å². The van der Waals surface area contributed by atoms with Crippen LogP contribution in [0.15, 0.2) is 6.33 Å². The lowest BCUT2D eigenvalue weighted by atomic mass is 9.95. The van der Waals surface area contributed by atoms with Gasteiger partial charge in [-0.1, -0.05) is 13.8 Å². The molecule has 1 rings (SSSR count). The maximum Gasteiger partial charge on any atom is 0.138 e. The van der Waals surface area contributed by atoms with Gasteiger partial charge in [0.05, 0.1) is 0 Å². The third kappa shape index (κ3) is 3.78. The van der Waals surface area contributed by atoms with Crippen molar-refractivity contribution in [3.05, 3.63) is 12.2 Å². The number of aromatic nitrogens is 3. The second kappa shape index (κ2) is 6.24. The lowest BCUT2D eigenvalue weighted by Crippen LogP contribution is -2.15. The van der Waals surface area contributed by atoms with Crippen LogP contribution in [-0.4, -0.2) is 20.6 Å². The van der Waals surface area contributed by atoms with E-state index in [1.807, 2.05) is 4.68 Å². The van der Waals surface area contributed by atoms with Crippen molar-refractivity contribution in [2.75, 3.05) is 5.88 Å². The minimum atomic E-state index is 0.368. The van der Waals surface area contributed by atoms with Gasteiger partial charge in [-0.3, -0.25) is 0 Å². The van der Waals surface area contributed by atoms with E-state index in [0.29, 0.717) is 23.8 Å². The summed E-state index contributed by atoms with van der Waals surface area (Å²) in [6, 6.07) is 0.368. The van der Waals surface area contributed by atoms with E-state index < -0.39 is 0 Å². The summed E-state index contributed by atoms with van der Waals surface area (Å²) < 4.78 is 1.99. The lowest BCUT2D eigenvalue weighted by Gasteiger charge is -2.17. The zero-order valence-corrected chi connectivity index (χ0v) is 11.4. The molecule has 1 aromatic heterocycles. The van der Waals surface area contributed by atoms with Crippen molar-refractivity contribution in [3.63, 3.8) is 0 Å². The van der Waals surface area contributed by atoms with E-state index in [9.17, 15) is 0 Å². The van der Waals surface area contributed by atoms with Gasteiger partial charge in [-0.2, -0.15) is 5.10 Å². The molecular formula is C12H22ClN3. The molecule has 0 saturated carbocycles. The highest BCUT2D eigenvalue weighted by atomic mass is 35.5. The molecule has 0 amide bonds. The molecule has 1 atom stereocenters. The smallest absolute Gasteiger partial charge is 0.138 e.